The third-order valence-corrected chi connectivity index (χ3v) is 12.4. The van der Waals surface area contributed by atoms with Gasteiger partial charge >= 0.3 is 18.5 Å². The summed E-state index contributed by atoms with van der Waals surface area (Å²) in [6, 6.07) is 33.3. The zero-order valence-corrected chi connectivity index (χ0v) is 48.1. The highest BCUT2D eigenvalue weighted by atomic mass is 35.5. The number of amides is 3. The largest absolute Gasteiger partial charge is 0.419 e. The summed E-state index contributed by atoms with van der Waals surface area (Å²) < 4.78 is 120. The maximum atomic E-state index is 13.5. The Balaban J connectivity index is 0.000000199. The number of hydrogen-bond donors (Lipinski definition) is 9. The first-order valence-electron chi connectivity index (χ1n) is 25.9. The van der Waals surface area contributed by atoms with Crippen LogP contribution in [0.2, 0.25) is 5.15 Å². The lowest BCUT2D eigenvalue weighted by atomic mass is 10.1. The Kier molecular flexibility index (Phi) is 22.7. The van der Waals surface area contributed by atoms with Gasteiger partial charge in [-0.05, 0) is 98.1 Å². The van der Waals surface area contributed by atoms with Crippen LogP contribution in [-0.2, 0) is 18.5 Å². The van der Waals surface area contributed by atoms with Gasteiger partial charge in [-0.1, -0.05) is 66.2 Å². The zero-order chi connectivity index (χ0) is 64.3. The Morgan fingerprint density at radius 2 is 0.716 bits per heavy atom. The highest BCUT2D eigenvalue weighted by molar-refractivity contribution is 6.29. The molecule has 9 rings (SSSR count). The molecule has 18 nitrogen and oxygen atoms in total. The second-order valence-corrected chi connectivity index (χ2v) is 18.7. The van der Waals surface area contributed by atoms with Crippen molar-refractivity contribution >= 4 is 92.5 Å². The van der Waals surface area contributed by atoms with Crippen LogP contribution in [0.5, 0.6) is 0 Å². The van der Waals surface area contributed by atoms with Gasteiger partial charge in [0.2, 0.25) is 0 Å². The second kappa shape index (κ2) is 30.0. The first-order valence-corrected chi connectivity index (χ1v) is 26.3. The molecule has 0 bridgehead atoms. The number of nitrogens with two attached hydrogens (primary N) is 1. The van der Waals surface area contributed by atoms with Crippen molar-refractivity contribution in [1.82, 2.24) is 45.9 Å². The number of pyridine rings is 6. The molecule has 9 aromatic rings. The number of benzene rings is 3. The molecule has 10 N–H and O–H groups in total. The van der Waals surface area contributed by atoms with Crippen LogP contribution in [0.1, 0.15) is 64.5 Å². The molecule has 3 aromatic carbocycles. The first kappa shape index (κ1) is 66.6. The van der Waals surface area contributed by atoms with Crippen LogP contribution in [-0.4, -0.2) is 68.8 Å². The Hall–Kier alpha value is -10.6. The average Bonchev–Trinajstić information content (AvgIpc) is 1.98. The Labute approximate surface area is 503 Å². The van der Waals surface area contributed by atoms with E-state index in [2.05, 4.69) is 72.4 Å². The Morgan fingerprint density at radius 1 is 0.398 bits per heavy atom. The van der Waals surface area contributed by atoms with Crippen molar-refractivity contribution in [2.75, 3.05) is 53.5 Å². The van der Waals surface area contributed by atoms with Gasteiger partial charge in [0, 0.05) is 70.5 Å². The minimum atomic E-state index is -4.63. The van der Waals surface area contributed by atoms with Crippen molar-refractivity contribution in [2.45, 2.75) is 39.3 Å². The molecule has 88 heavy (non-hydrogen) atoms. The molecule has 6 heterocycles. The van der Waals surface area contributed by atoms with Gasteiger partial charge in [0.05, 0.1) is 67.5 Å². The molecule has 0 saturated heterocycles. The van der Waals surface area contributed by atoms with Crippen LogP contribution in [0.4, 0.5) is 103 Å². The van der Waals surface area contributed by atoms with Crippen molar-refractivity contribution in [3.8, 4) is 0 Å². The number of alkyl halides is 9. The number of nitrogens with zero attached hydrogens (tertiary/aromatic N) is 6. The number of nitrogens with one attached hydrogen (secondary N) is 8. The number of halogens is 10. The van der Waals surface area contributed by atoms with Crippen molar-refractivity contribution in [2.24, 2.45) is 0 Å². The number of nitrogen functional groups attached to an aromatic ring is 1. The molecule has 0 unspecified atom stereocenters. The van der Waals surface area contributed by atoms with E-state index in [0.29, 0.717) is 23.7 Å². The van der Waals surface area contributed by atoms with Gasteiger partial charge in [0.1, 0.15) is 34.2 Å². The topological polar surface area (TPSA) is 251 Å². The van der Waals surface area contributed by atoms with Crippen molar-refractivity contribution in [1.29, 1.82) is 0 Å². The normalized spacial score (nSPS) is 10.9. The molecule has 3 amide bonds. The number of aryl methyl sites for hydroxylation is 3. The Morgan fingerprint density at radius 3 is 1.02 bits per heavy atom. The van der Waals surface area contributed by atoms with E-state index in [-0.39, 0.29) is 67.6 Å². The highest BCUT2D eigenvalue weighted by Gasteiger charge is 2.37. The van der Waals surface area contributed by atoms with Gasteiger partial charge in [-0.15, -0.1) is 0 Å². The molecule has 0 atom stereocenters. The molecule has 28 heteroatoms. The molecule has 0 spiro atoms. The standard InChI is InChI=1S/2C20H18F3N5O.C14H11ClF3N3O.C6H8N2/c2*1-12-6-5-9-25-18(12)28-17-10-16(14(11-26-17)20(21,22)23)27-15-8-4-3-7-13(15)19(29)24-2;1-19-13(22)8-4-2-3-5-10(8)21-11-6-12(15)20-7-9(11)14(16,17)18;1-5-3-2-4-8-6(5)7/h2*3-11H,1-2H3,(H,24,29)(H2,25,26,27,28);2-7H,1H3,(H,19,22)(H,20,21);2-4H,1H3,(H2,7,8). The highest BCUT2D eigenvalue weighted by Crippen LogP contribution is 2.40. The molecule has 0 radical (unpaired) electrons. The first-order chi connectivity index (χ1) is 41.7. The third kappa shape index (κ3) is 18.5. The van der Waals surface area contributed by atoms with E-state index >= 15 is 0 Å². The summed E-state index contributed by atoms with van der Waals surface area (Å²) in [6.45, 7) is 5.57. The SMILES string of the molecule is CNC(=O)c1ccccc1Nc1cc(Cl)ncc1C(F)(F)F.CNC(=O)c1ccccc1Nc1cc(Nc2ncccc2C)ncc1C(F)(F)F.CNC(=O)c1ccccc1Nc1cc(Nc2ncccc2C)ncc1C(F)(F)F.Cc1cccnc1N. The molecule has 0 saturated carbocycles. The number of para-hydroxylation sites is 3. The van der Waals surface area contributed by atoms with E-state index in [9.17, 15) is 53.9 Å². The summed E-state index contributed by atoms with van der Waals surface area (Å²) in [4.78, 5) is 59.2. The van der Waals surface area contributed by atoms with Crippen LogP contribution in [0.3, 0.4) is 0 Å². The van der Waals surface area contributed by atoms with E-state index in [4.69, 9.17) is 17.3 Å². The lowest BCUT2D eigenvalue weighted by Gasteiger charge is -2.17. The molecular weight excluding hydrogens is 1190 g/mol. The predicted octanol–water partition coefficient (Wildman–Crippen LogP) is 14.1. The van der Waals surface area contributed by atoms with Gasteiger partial charge in [0.15, 0.2) is 0 Å². The summed E-state index contributed by atoms with van der Waals surface area (Å²) in [7, 11) is 4.33. The summed E-state index contributed by atoms with van der Waals surface area (Å²) in [5.41, 5.74) is 5.81. The van der Waals surface area contributed by atoms with Crippen LogP contribution in [0.25, 0.3) is 0 Å². The summed E-state index contributed by atoms with van der Waals surface area (Å²) in [5.74, 6) is 0.688. The smallest absolute Gasteiger partial charge is 0.383 e. The molecular formula is C60H55ClF9N15O3. The van der Waals surface area contributed by atoms with E-state index in [1.807, 2.05) is 45.0 Å². The molecule has 458 valence electrons. The van der Waals surface area contributed by atoms with Crippen LogP contribution >= 0.6 is 11.6 Å². The third-order valence-electron chi connectivity index (χ3n) is 12.2. The van der Waals surface area contributed by atoms with E-state index in [0.717, 1.165) is 35.2 Å². The lowest BCUT2D eigenvalue weighted by Crippen LogP contribution is -2.19. The van der Waals surface area contributed by atoms with Gasteiger partial charge in [-0.3, -0.25) is 14.4 Å². The van der Waals surface area contributed by atoms with E-state index in [1.54, 1.807) is 67.1 Å². The average molecular weight is 1240 g/mol. The molecule has 0 aliphatic rings. The number of anilines is 11. The summed E-state index contributed by atoms with van der Waals surface area (Å²) in [5, 5.41) is 21.1. The van der Waals surface area contributed by atoms with E-state index in [1.165, 1.54) is 69.7 Å². The number of aromatic nitrogens is 6. The molecule has 0 fully saturated rings. The fourth-order valence-electron chi connectivity index (χ4n) is 7.65. The van der Waals surface area contributed by atoms with Gasteiger partial charge in [-0.25, -0.2) is 29.9 Å². The van der Waals surface area contributed by atoms with Gasteiger partial charge in [-0.2, -0.15) is 39.5 Å². The minimum absolute atomic E-state index is 0.0899. The zero-order valence-electron chi connectivity index (χ0n) is 47.4. The molecule has 0 aliphatic carbocycles. The lowest BCUT2D eigenvalue weighted by molar-refractivity contribution is -0.138. The molecule has 0 aliphatic heterocycles. The fraction of sp³-hybridized carbons (Fsp3) is 0.150. The number of rotatable bonds is 13. The van der Waals surface area contributed by atoms with Crippen LogP contribution < -0.4 is 48.3 Å². The maximum absolute atomic E-state index is 13.5. The monoisotopic (exact) mass is 1240 g/mol. The van der Waals surface area contributed by atoms with Crippen molar-refractivity contribution in [3.05, 3.63) is 220 Å². The molecule has 6 aromatic heterocycles. The fourth-order valence-corrected chi connectivity index (χ4v) is 7.81. The van der Waals surface area contributed by atoms with E-state index < -0.39 is 52.9 Å². The van der Waals surface area contributed by atoms with Crippen LogP contribution in [0, 0.1) is 20.8 Å². The van der Waals surface area contributed by atoms with Gasteiger partial charge in [0.25, 0.3) is 17.7 Å². The van der Waals surface area contributed by atoms with Crippen molar-refractivity contribution < 1.29 is 53.9 Å². The van der Waals surface area contributed by atoms with Crippen molar-refractivity contribution in [3.63, 3.8) is 0 Å². The number of carbonyl (C=O) groups excluding carboxylic acids is 3. The summed E-state index contributed by atoms with van der Waals surface area (Å²) >= 11 is 5.67. The maximum Gasteiger partial charge on any atom is 0.419 e. The minimum Gasteiger partial charge on any atom is -0.383 e. The van der Waals surface area contributed by atoms with Gasteiger partial charge < -0.3 is 48.3 Å². The predicted molar refractivity (Wildman–Crippen MR) is 320 cm³/mol. The quantitative estimate of drug-likeness (QED) is 0.0385. The number of carbonyl (C=O) groups is 3. The van der Waals surface area contributed by atoms with Crippen LogP contribution in [0.15, 0.2) is 165 Å². The number of hydrogen-bond acceptors (Lipinski definition) is 15. The second-order valence-electron chi connectivity index (χ2n) is 18.3. The Bertz CT molecular complexity index is 3700. The summed E-state index contributed by atoms with van der Waals surface area (Å²) in [6.07, 6.45) is -6.90.